The quantitative estimate of drug-likeness (QED) is 0.670. The SMILES string of the molecule is NCCOC1CCN(Cc2cccc3c2C(=O)N(C2CCC(=O)NC2=O)C3)CC1. The van der Waals surface area contributed by atoms with E-state index in [1.165, 1.54) is 0 Å². The van der Waals surface area contributed by atoms with E-state index in [-0.39, 0.29) is 30.2 Å². The van der Waals surface area contributed by atoms with Crippen molar-refractivity contribution in [2.75, 3.05) is 26.2 Å². The van der Waals surface area contributed by atoms with Gasteiger partial charge in [0.2, 0.25) is 11.8 Å². The van der Waals surface area contributed by atoms with Gasteiger partial charge in [-0.3, -0.25) is 24.6 Å². The van der Waals surface area contributed by atoms with Gasteiger partial charge in [-0.25, -0.2) is 0 Å². The summed E-state index contributed by atoms with van der Waals surface area (Å²) in [5.74, 6) is -0.746. The predicted molar refractivity (Wildman–Crippen MR) is 106 cm³/mol. The van der Waals surface area contributed by atoms with Crippen LogP contribution in [0.4, 0.5) is 0 Å². The molecule has 0 spiro atoms. The minimum absolute atomic E-state index is 0.105. The monoisotopic (exact) mass is 400 g/mol. The smallest absolute Gasteiger partial charge is 0.255 e. The fraction of sp³-hybridized carbons (Fsp3) is 0.571. The van der Waals surface area contributed by atoms with Gasteiger partial charge in [-0.1, -0.05) is 18.2 Å². The largest absolute Gasteiger partial charge is 0.377 e. The highest BCUT2D eigenvalue weighted by molar-refractivity contribution is 6.05. The Hall–Kier alpha value is -2.29. The molecule has 0 saturated carbocycles. The molecule has 3 N–H and O–H groups in total. The summed E-state index contributed by atoms with van der Waals surface area (Å²) in [6.45, 7) is 4.11. The lowest BCUT2D eigenvalue weighted by atomic mass is 10.0. The Balaban J connectivity index is 1.43. The zero-order valence-corrected chi connectivity index (χ0v) is 16.6. The first-order valence-electron chi connectivity index (χ1n) is 10.4. The molecule has 1 atom stereocenters. The first kappa shape index (κ1) is 20.0. The summed E-state index contributed by atoms with van der Waals surface area (Å²) in [5, 5.41) is 2.35. The van der Waals surface area contributed by atoms with Crippen LogP contribution in [0.3, 0.4) is 0 Å². The Morgan fingerprint density at radius 1 is 1.14 bits per heavy atom. The molecule has 3 aliphatic heterocycles. The van der Waals surface area contributed by atoms with Gasteiger partial charge in [-0.05, 0) is 30.4 Å². The van der Waals surface area contributed by atoms with Gasteiger partial charge in [-0.2, -0.15) is 0 Å². The number of nitrogens with zero attached hydrogens (tertiary/aromatic N) is 2. The number of fused-ring (bicyclic) bond motifs is 1. The number of nitrogens with one attached hydrogen (secondary N) is 1. The summed E-state index contributed by atoms with van der Waals surface area (Å²) in [6, 6.07) is 5.36. The topological polar surface area (TPSA) is 105 Å². The number of carbonyl (C=O) groups is 3. The minimum Gasteiger partial charge on any atom is -0.377 e. The molecule has 29 heavy (non-hydrogen) atoms. The average molecular weight is 400 g/mol. The maximum absolute atomic E-state index is 13.2. The van der Waals surface area contributed by atoms with E-state index in [1.807, 2.05) is 18.2 Å². The van der Waals surface area contributed by atoms with E-state index in [0.29, 0.717) is 32.7 Å². The highest BCUT2D eigenvalue weighted by Gasteiger charge is 2.40. The number of likely N-dealkylation sites (tertiary alicyclic amines) is 1. The summed E-state index contributed by atoms with van der Waals surface area (Å²) < 4.78 is 5.75. The zero-order chi connectivity index (χ0) is 20.4. The number of hydrogen-bond donors (Lipinski definition) is 2. The summed E-state index contributed by atoms with van der Waals surface area (Å²) in [4.78, 5) is 40.8. The summed E-state index contributed by atoms with van der Waals surface area (Å²) in [7, 11) is 0. The van der Waals surface area contributed by atoms with E-state index in [2.05, 4.69) is 10.2 Å². The van der Waals surface area contributed by atoms with Crippen molar-refractivity contribution < 1.29 is 19.1 Å². The molecule has 0 bridgehead atoms. The van der Waals surface area contributed by atoms with Crippen molar-refractivity contribution in [3.63, 3.8) is 0 Å². The van der Waals surface area contributed by atoms with Crippen molar-refractivity contribution >= 4 is 17.7 Å². The Morgan fingerprint density at radius 3 is 2.66 bits per heavy atom. The third-order valence-corrected chi connectivity index (χ3v) is 6.04. The molecule has 3 aliphatic rings. The molecule has 156 valence electrons. The second kappa shape index (κ2) is 8.61. The normalized spacial score (nSPS) is 23.4. The van der Waals surface area contributed by atoms with Crippen LogP contribution in [-0.2, 0) is 27.4 Å². The molecule has 0 aliphatic carbocycles. The predicted octanol–water partition coefficient (Wildman–Crippen LogP) is 0.387. The van der Waals surface area contributed by atoms with Crippen LogP contribution in [0.2, 0.25) is 0 Å². The lowest BCUT2D eigenvalue weighted by Crippen LogP contribution is -2.52. The molecule has 3 amide bonds. The average Bonchev–Trinajstić information content (AvgIpc) is 3.05. The third kappa shape index (κ3) is 4.19. The fourth-order valence-corrected chi connectivity index (χ4v) is 4.53. The number of amides is 3. The van der Waals surface area contributed by atoms with Gasteiger partial charge in [0, 0.05) is 44.7 Å². The molecule has 0 radical (unpaired) electrons. The first-order valence-corrected chi connectivity index (χ1v) is 10.4. The van der Waals surface area contributed by atoms with E-state index >= 15 is 0 Å². The molecule has 0 aromatic heterocycles. The molecule has 8 heteroatoms. The second-order valence-electron chi connectivity index (χ2n) is 7.99. The number of rotatable bonds is 6. The van der Waals surface area contributed by atoms with Gasteiger partial charge in [0.25, 0.3) is 5.91 Å². The number of hydrogen-bond acceptors (Lipinski definition) is 6. The van der Waals surface area contributed by atoms with Crippen molar-refractivity contribution in [2.24, 2.45) is 5.73 Å². The van der Waals surface area contributed by atoms with Gasteiger partial charge >= 0.3 is 0 Å². The lowest BCUT2D eigenvalue weighted by Gasteiger charge is -2.32. The molecular formula is C21H28N4O4. The van der Waals surface area contributed by atoms with Gasteiger partial charge in [0.15, 0.2) is 0 Å². The molecule has 2 saturated heterocycles. The van der Waals surface area contributed by atoms with Crippen LogP contribution in [0, 0.1) is 0 Å². The van der Waals surface area contributed by atoms with Gasteiger partial charge in [0.1, 0.15) is 6.04 Å². The summed E-state index contributed by atoms with van der Waals surface area (Å²) >= 11 is 0. The Labute approximate surface area is 170 Å². The molecule has 1 aromatic carbocycles. The van der Waals surface area contributed by atoms with Crippen molar-refractivity contribution in [1.82, 2.24) is 15.1 Å². The molecule has 3 heterocycles. The number of carbonyl (C=O) groups excluding carboxylic acids is 3. The van der Waals surface area contributed by atoms with Crippen LogP contribution < -0.4 is 11.1 Å². The fourth-order valence-electron chi connectivity index (χ4n) is 4.53. The number of benzene rings is 1. The molecule has 8 nitrogen and oxygen atoms in total. The summed E-state index contributed by atoms with van der Waals surface area (Å²) in [5.41, 5.74) is 8.19. The Morgan fingerprint density at radius 2 is 1.93 bits per heavy atom. The molecule has 4 rings (SSSR count). The van der Waals surface area contributed by atoms with Crippen molar-refractivity contribution in [2.45, 2.75) is 50.9 Å². The first-order chi connectivity index (χ1) is 14.1. The van der Waals surface area contributed by atoms with Crippen LogP contribution in [0.25, 0.3) is 0 Å². The molecular weight excluding hydrogens is 372 g/mol. The third-order valence-electron chi connectivity index (χ3n) is 6.04. The highest BCUT2D eigenvalue weighted by atomic mass is 16.5. The Kier molecular flexibility index (Phi) is 5.94. The van der Waals surface area contributed by atoms with Crippen LogP contribution in [-0.4, -0.2) is 65.9 Å². The standard InChI is InChI=1S/C21H28N4O4/c22-8-11-29-16-6-9-24(10-7-16)12-14-2-1-3-15-13-25(21(28)19(14)15)17-4-5-18(26)23-20(17)27/h1-3,16-17H,4-13,22H2,(H,23,26,27). The minimum atomic E-state index is -0.573. The van der Waals surface area contributed by atoms with E-state index < -0.39 is 6.04 Å². The molecule has 1 aromatic rings. The molecule has 1 unspecified atom stereocenters. The van der Waals surface area contributed by atoms with Crippen LogP contribution >= 0.6 is 0 Å². The maximum Gasteiger partial charge on any atom is 0.255 e. The zero-order valence-electron chi connectivity index (χ0n) is 16.6. The molecule has 2 fully saturated rings. The van der Waals surface area contributed by atoms with E-state index in [1.54, 1.807) is 4.90 Å². The van der Waals surface area contributed by atoms with Gasteiger partial charge in [-0.15, -0.1) is 0 Å². The maximum atomic E-state index is 13.2. The number of imide groups is 1. The van der Waals surface area contributed by atoms with Crippen LogP contribution in [0.15, 0.2) is 18.2 Å². The second-order valence-corrected chi connectivity index (χ2v) is 7.99. The number of ether oxygens (including phenoxy) is 1. The summed E-state index contributed by atoms with van der Waals surface area (Å²) in [6.07, 6.45) is 2.85. The van der Waals surface area contributed by atoms with Crippen LogP contribution in [0.5, 0.6) is 0 Å². The van der Waals surface area contributed by atoms with Crippen LogP contribution in [0.1, 0.15) is 47.2 Å². The number of nitrogens with two attached hydrogens (primary N) is 1. The van der Waals surface area contributed by atoms with E-state index in [0.717, 1.165) is 42.6 Å². The lowest BCUT2D eigenvalue weighted by molar-refractivity contribution is -0.136. The Bertz CT molecular complexity index is 804. The van der Waals surface area contributed by atoms with E-state index in [9.17, 15) is 14.4 Å². The van der Waals surface area contributed by atoms with Gasteiger partial charge in [0.05, 0.1) is 12.7 Å². The highest BCUT2D eigenvalue weighted by Crippen LogP contribution is 2.31. The van der Waals surface area contributed by atoms with Crippen molar-refractivity contribution in [1.29, 1.82) is 0 Å². The van der Waals surface area contributed by atoms with Gasteiger partial charge < -0.3 is 15.4 Å². The van der Waals surface area contributed by atoms with Crippen molar-refractivity contribution in [3.05, 3.63) is 34.9 Å². The number of piperidine rings is 2. The van der Waals surface area contributed by atoms with E-state index in [4.69, 9.17) is 10.5 Å². The van der Waals surface area contributed by atoms with Crippen molar-refractivity contribution in [3.8, 4) is 0 Å².